The predicted molar refractivity (Wildman–Crippen MR) is 84.8 cm³/mol. The Morgan fingerprint density at radius 3 is 2.24 bits per heavy atom. The van der Waals surface area contributed by atoms with Crippen molar-refractivity contribution in [2.75, 3.05) is 35.7 Å². The number of aromatic nitrogens is 3. The Hall–Kier alpha value is -1.63. The van der Waals surface area contributed by atoms with Crippen molar-refractivity contribution in [3.8, 4) is 0 Å². The SMILES string of the molecule is CCN(CC)c1nc(NC)nc(NC2CCC(O)CC2)n1. The summed E-state index contributed by atoms with van der Waals surface area (Å²) >= 11 is 0. The van der Waals surface area contributed by atoms with Crippen molar-refractivity contribution in [3.05, 3.63) is 0 Å². The van der Waals surface area contributed by atoms with Crippen LogP contribution < -0.4 is 15.5 Å². The molecule has 7 heteroatoms. The number of hydrogen-bond acceptors (Lipinski definition) is 7. The summed E-state index contributed by atoms with van der Waals surface area (Å²) in [5.41, 5.74) is 0. The topological polar surface area (TPSA) is 86.2 Å². The molecule has 2 rings (SSSR count). The first-order valence-electron chi connectivity index (χ1n) is 7.79. The molecule has 0 aromatic carbocycles. The lowest BCUT2D eigenvalue weighted by atomic mass is 9.93. The maximum atomic E-state index is 9.57. The highest BCUT2D eigenvalue weighted by Crippen LogP contribution is 2.22. The van der Waals surface area contributed by atoms with Crippen molar-refractivity contribution >= 4 is 17.8 Å². The number of aliphatic hydroxyl groups excluding tert-OH is 1. The number of anilines is 3. The van der Waals surface area contributed by atoms with Crippen LogP contribution >= 0.6 is 0 Å². The highest BCUT2D eigenvalue weighted by atomic mass is 16.3. The van der Waals surface area contributed by atoms with Crippen LogP contribution in [0.1, 0.15) is 39.5 Å². The fraction of sp³-hybridized carbons (Fsp3) is 0.786. The van der Waals surface area contributed by atoms with Gasteiger partial charge in [-0.05, 0) is 39.5 Å². The Balaban J connectivity index is 2.12. The van der Waals surface area contributed by atoms with Gasteiger partial charge < -0.3 is 20.6 Å². The minimum atomic E-state index is -0.152. The third-order valence-corrected chi connectivity index (χ3v) is 3.92. The molecule has 1 fully saturated rings. The number of aliphatic hydroxyl groups is 1. The van der Waals surface area contributed by atoms with Crippen LogP contribution in [0, 0.1) is 0 Å². The second-order valence-electron chi connectivity index (χ2n) is 5.35. The summed E-state index contributed by atoms with van der Waals surface area (Å²) in [5, 5.41) is 15.9. The smallest absolute Gasteiger partial charge is 0.231 e. The Morgan fingerprint density at radius 1 is 1.05 bits per heavy atom. The van der Waals surface area contributed by atoms with E-state index in [-0.39, 0.29) is 6.10 Å². The van der Waals surface area contributed by atoms with Crippen molar-refractivity contribution in [1.82, 2.24) is 15.0 Å². The summed E-state index contributed by atoms with van der Waals surface area (Å²) < 4.78 is 0. The van der Waals surface area contributed by atoms with E-state index in [1.165, 1.54) is 0 Å². The van der Waals surface area contributed by atoms with Crippen LogP contribution in [0.4, 0.5) is 17.8 Å². The Morgan fingerprint density at radius 2 is 1.67 bits per heavy atom. The van der Waals surface area contributed by atoms with E-state index in [1.54, 1.807) is 0 Å². The maximum Gasteiger partial charge on any atom is 0.231 e. The third-order valence-electron chi connectivity index (χ3n) is 3.92. The monoisotopic (exact) mass is 294 g/mol. The summed E-state index contributed by atoms with van der Waals surface area (Å²) in [6.45, 7) is 5.89. The molecular formula is C14H26N6O. The molecule has 0 unspecified atom stereocenters. The average Bonchev–Trinajstić information content (AvgIpc) is 2.50. The first-order valence-corrected chi connectivity index (χ1v) is 7.79. The van der Waals surface area contributed by atoms with Crippen molar-refractivity contribution in [1.29, 1.82) is 0 Å². The van der Waals surface area contributed by atoms with Crippen molar-refractivity contribution in [2.45, 2.75) is 51.7 Å². The first kappa shape index (κ1) is 15.8. The molecule has 118 valence electrons. The third kappa shape index (κ3) is 4.17. The van der Waals surface area contributed by atoms with Crippen molar-refractivity contribution < 1.29 is 5.11 Å². The lowest BCUT2D eigenvalue weighted by Crippen LogP contribution is -2.30. The van der Waals surface area contributed by atoms with E-state index >= 15 is 0 Å². The van der Waals surface area contributed by atoms with Crippen molar-refractivity contribution in [2.24, 2.45) is 0 Å². The summed E-state index contributed by atoms with van der Waals surface area (Å²) in [4.78, 5) is 15.4. The average molecular weight is 294 g/mol. The molecule has 0 aliphatic heterocycles. The molecule has 3 N–H and O–H groups in total. The van der Waals surface area contributed by atoms with Crippen LogP contribution in [-0.4, -0.2) is 52.3 Å². The number of rotatable bonds is 6. The van der Waals surface area contributed by atoms with E-state index in [1.807, 2.05) is 7.05 Å². The van der Waals surface area contributed by atoms with Gasteiger partial charge in [-0.25, -0.2) is 0 Å². The molecule has 7 nitrogen and oxygen atoms in total. The Kier molecular flexibility index (Phi) is 5.55. The fourth-order valence-corrected chi connectivity index (χ4v) is 2.59. The van der Waals surface area contributed by atoms with Gasteiger partial charge in [0.15, 0.2) is 0 Å². The van der Waals surface area contributed by atoms with Crippen LogP contribution in [0.25, 0.3) is 0 Å². The first-order chi connectivity index (χ1) is 10.2. The minimum Gasteiger partial charge on any atom is -0.393 e. The van der Waals surface area contributed by atoms with E-state index in [2.05, 4.69) is 44.3 Å². The highest BCUT2D eigenvalue weighted by Gasteiger charge is 2.20. The van der Waals surface area contributed by atoms with E-state index < -0.39 is 0 Å². The van der Waals surface area contributed by atoms with E-state index in [0.29, 0.717) is 23.9 Å². The maximum absolute atomic E-state index is 9.57. The van der Waals surface area contributed by atoms with Gasteiger partial charge in [0, 0.05) is 26.2 Å². The predicted octanol–water partition coefficient (Wildman–Crippen LogP) is 1.47. The Bertz CT molecular complexity index is 443. The summed E-state index contributed by atoms with van der Waals surface area (Å²) in [6.07, 6.45) is 3.42. The van der Waals surface area contributed by atoms with Gasteiger partial charge in [0.25, 0.3) is 0 Å². The van der Waals surface area contributed by atoms with E-state index in [0.717, 1.165) is 38.8 Å². The van der Waals surface area contributed by atoms with E-state index in [4.69, 9.17) is 0 Å². The zero-order valence-electron chi connectivity index (χ0n) is 13.1. The molecule has 1 aliphatic carbocycles. The molecule has 1 saturated carbocycles. The lowest BCUT2D eigenvalue weighted by Gasteiger charge is -2.26. The largest absolute Gasteiger partial charge is 0.393 e. The standard InChI is InChI=1S/C14H26N6O/c1-4-20(5-2)14-18-12(15-3)17-13(19-14)16-10-6-8-11(21)9-7-10/h10-11,21H,4-9H2,1-3H3,(H2,15,16,17,18,19). The Labute approximate surface area is 126 Å². The van der Waals surface area contributed by atoms with Crippen LogP contribution in [0.3, 0.4) is 0 Å². The molecule has 1 aliphatic rings. The zero-order valence-corrected chi connectivity index (χ0v) is 13.1. The minimum absolute atomic E-state index is 0.152. The molecular weight excluding hydrogens is 268 g/mol. The molecule has 0 bridgehead atoms. The number of hydrogen-bond donors (Lipinski definition) is 3. The lowest BCUT2D eigenvalue weighted by molar-refractivity contribution is 0.126. The molecule has 0 radical (unpaired) electrons. The fourth-order valence-electron chi connectivity index (χ4n) is 2.59. The van der Waals surface area contributed by atoms with E-state index in [9.17, 15) is 5.11 Å². The van der Waals surface area contributed by atoms with Gasteiger partial charge in [-0.1, -0.05) is 0 Å². The van der Waals surface area contributed by atoms with Crippen LogP contribution in [-0.2, 0) is 0 Å². The van der Waals surface area contributed by atoms with Gasteiger partial charge in [-0.15, -0.1) is 0 Å². The van der Waals surface area contributed by atoms with Crippen LogP contribution in [0.15, 0.2) is 0 Å². The molecule has 21 heavy (non-hydrogen) atoms. The molecule has 0 spiro atoms. The molecule has 1 aromatic rings. The molecule has 0 amide bonds. The molecule has 0 atom stereocenters. The van der Waals surface area contributed by atoms with Crippen LogP contribution in [0.5, 0.6) is 0 Å². The van der Waals surface area contributed by atoms with Gasteiger partial charge in [-0.2, -0.15) is 15.0 Å². The normalized spacial score (nSPS) is 21.9. The van der Waals surface area contributed by atoms with Gasteiger partial charge in [0.1, 0.15) is 0 Å². The van der Waals surface area contributed by atoms with Crippen LogP contribution in [0.2, 0.25) is 0 Å². The summed E-state index contributed by atoms with van der Waals surface area (Å²) in [7, 11) is 1.81. The molecule has 0 saturated heterocycles. The second kappa shape index (κ2) is 7.40. The quantitative estimate of drug-likeness (QED) is 0.732. The zero-order chi connectivity index (χ0) is 15.2. The van der Waals surface area contributed by atoms with Gasteiger partial charge >= 0.3 is 0 Å². The van der Waals surface area contributed by atoms with Gasteiger partial charge in [0.2, 0.25) is 17.8 Å². The number of nitrogens with one attached hydrogen (secondary N) is 2. The molecule has 1 heterocycles. The van der Waals surface area contributed by atoms with Gasteiger partial charge in [-0.3, -0.25) is 0 Å². The summed E-state index contributed by atoms with van der Waals surface area (Å²) in [6, 6.07) is 0.324. The van der Waals surface area contributed by atoms with Crippen molar-refractivity contribution in [3.63, 3.8) is 0 Å². The second-order valence-corrected chi connectivity index (χ2v) is 5.35. The number of nitrogens with zero attached hydrogens (tertiary/aromatic N) is 4. The summed E-state index contributed by atoms with van der Waals surface area (Å²) in [5.74, 6) is 1.88. The molecule has 1 aromatic heterocycles. The van der Waals surface area contributed by atoms with Gasteiger partial charge in [0.05, 0.1) is 6.10 Å². The highest BCUT2D eigenvalue weighted by molar-refractivity contribution is 5.43.